The highest BCUT2D eigenvalue weighted by molar-refractivity contribution is 5.94. The topological polar surface area (TPSA) is 47.6 Å². The monoisotopic (exact) mass is 339 g/mol. The maximum absolute atomic E-state index is 11.8. The Hall–Kier alpha value is -2.33. The molecule has 0 spiro atoms. The maximum atomic E-state index is 11.8. The van der Waals surface area contributed by atoms with Gasteiger partial charge in [0, 0.05) is 18.2 Å². The van der Waals surface area contributed by atoms with Gasteiger partial charge in [-0.25, -0.2) is 0 Å². The van der Waals surface area contributed by atoms with Crippen molar-refractivity contribution in [1.29, 1.82) is 0 Å². The minimum atomic E-state index is -0.176. The van der Waals surface area contributed by atoms with Crippen molar-refractivity contribution >= 4 is 5.91 Å². The standard InChI is InChI=1S/C21H25NO3/c1-21(2,3)25-19-12-11-17-16(19)9-6-10-18(17)24-15-8-5-7-14(13-15)20(23)22-4/h5-10,13,19H,11-12H2,1-4H3,(H,22,23)/t19-/m1/s1. The zero-order chi connectivity index (χ0) is 18.0. The van der Waals surface area contributed by atoms with Crippen LogP contribution in [0.3, 0.4) is 0 Å². The van der Waals surface area contributed by atoms with Crippen LogP contribution in [0.1, 0.15) is 54.8 Å². The first-order valence-corrected chi connectivity index (χ1v) is 8.67. The van der Waals surface area contributed by atoms with E-state index < -0.39 is 0 Å². The predicted octanol–water partition coefficient (Wildman–Crippen LogP) is 4.64. The van der Waals surface area contributed by atoms with E-state index in [-0.39, 0.29) is 17.6 Å². The van der Waals surface area contributed by atoms with E-state index in [1.54, 1.807) is 19.2 Å². The highest BCUT2D eigenvalue weighted by Gasteiger charge is 2.29. The van der Waals surface area contributed by atoms with E-state index >= 15 is 0 Å². The van der Waals surface area contributed by atoms with E-state index in [1.807, 2.05) is 24.3 Å². The second kappa shape index (κ2) is 6.89. The quantitative estimate of drug-likeness (QED) is 0.882. The molecule has 2 aromatic carbocycles. The summed E-state index contributed by atoms with van der Waals surface area (Å²) >= 11 is 0. The van der Waals surface area contributed by atoms with Gasteiger partial charge in [-0.05, 0) is 63.4 Å². The number of hydrogen-bond acceptors (Lipinski definition) is 3. The summed E-state index contributed by atoms with van der Waals surface area (Å²) in [4.78, 5) is 11.8. The van der Waals surface area contributed by atoms with E-state index in [4.69, 9.17) is 9.47 Å². The van der Waals surface area contributed by atoms with Crippen molar-refractivity contribution in [3.05, 3.63) is 59.2 Å². The third kappa shape index (κ3) is 4.02. The molecule has 1 amide bonds. The van der Waals surface area contributed by atoms with Crippen LogP contribution in [-0.2, 0) is 11.2 Å². The van der Waals surface area contributed by atoms with Crippen molar-refractivity contribution < 1.29 is 14.3 Å². The molecule has 4 heteroatoms. The summed E-state index contributed by atoms with van der Waals surface area (Å²) in [5, 5.41) is 2.63. The molecular weight excluding hydrogens is 314 g/mol. The Kier molecular flexibility index (Phi) is 4.82. The lowest BCUT2D eigenvalue weighted by Gasteiger charge is -2.25. The summed E-state index contributed by atoms with van der Waals surface area (Å²) < 4.78 is 12.3. The number of carbonyl (C=O) groups is 1. The lowest BCUT2D eigenvalue weighted by Crippen LogP contribution is -2.21. The number of carbonyl (C=O) groups excluding carboxylic acids is 1. The maximum Gasteiger partial charge on any atom is 0.251 e. The largest absolute Gasteiger partial charge is 0.457 e. The fourth-order valence-corrected chi connectivity index (χ4v) is 3.20. The number of hydrogen-bond donors (Lipinski definition) is 1. The molecule has 0 fully saturated rings. The molecule has 0 radical (unpaired) electrons. The lowest BCUT2D eigenvalue weighted by molar-refractivity contribution is -0.0605. The Bertz CT molecular complexity index is 777. The minimum absolute atomic E-state index is 0.107. The van der Waals surface area contributed by atoms with Crippen molar-refractivity contribution in [1.82, 2.24) is 5.32 Å². The number of fused-ring (bicyclic) bond motifs is 1. The predicted molar refractivity (Wildman–Crippen MR) is 98.2 cm³/mol. The number of nitrogens with one attached hydrogen (secondary N) is 1. The van der Waals surface area contributed by atoms with Crippen LogP contribution in [-0.4, -0.2) is 18.6 Å². The van der Waals surface area contributed by atoms with Gasteiger partial charge in [0.1, 0.15) is 11.5 Å². The zero-order valence-corrected chi connectivity index (χ0v) is 15.3. The van der Waals surface area contributed by atoms with E-state index in [9.17, 15) is 4.79 Å². The second-order valence-electron chi connectivity index (χ2n) is 7.29. The molecule has 0 aromatic heterocycles. The van der Waals surface area contributed by atoms with E-state index in [0.717, 1.165) is 18.6 Å². The van der Waals surface area contributed by atoms with Gasteiger partial charge in [-0.1, -0.05) is 18.2 Å². The third-order valence-corrected chi connectivity index (χ3v) is 4.22. The first-order chi connectivity index (χ1) is 11.9. The summed E-state index contributed by atoms with van der Waals surface area (Å²) in [6.07, 6.45) is 2.00. The number of benzene rings is 2. The molecule has 4 nitrogen and oxygen atoms in total. The first kappa shape index (κ1) is 17.5. The first-order valence-electron chi connectivity index (χ1n) is 8.67. The molecule has 0 saturated carbocycles. The Morgan fingerprint density at radius 3 is 2.64 bits per heavy atom. The summed E-state index contributed by atoms with van der Waals surface area (Å²) in [7, 11) is 1.62. The lowest BCUT2D eigenvalue weighted by atomic mass is 10.1. The Morgan fingerprint density at radius 2 is 1.92 bits per heavy atom. The Balaban J connectivity index is 1.85. The van der Waals surface area contributed by atoms with Crippen LogP contribution < -0.4 is 10.1 Å². The molecule has 1 atom stereocenters. The summed E-state index contributed by atoms with van der Waals surface area (Å²) in [5.74, 6) is 1.38. The zero-order valence-electron chi connectivity index (χ0n) is 15.3. The van der Waals surface area contributed by atoms with E-state index in [1.165, 1.54) is 11.1 Å². The highest BCUT2D eigenvalue weighted by atomic mass is 16.5. The SMILES string of the molecule is CNC(=O)c1cccc(Oc2cccc3c2CC[C@H]3OC(C)(C)C)c1. The Morgan fingerprint density at radius 1 is 1.16 bits per heavy atom. The molecule has 0 aliphatic heterocycles. The average Bonchev–Trinajstić information content (AvgIpc) is 2.97. The van der Waals surface area contributed by atoms with Gasteiger partial charge < -0.3 is 14.8 Å². The summed E-state index contributed by atoms with van der Waals surface area (Å²) in [6, 6.07) is 13.3. The second-order valence-corrected chi connectivity index (χ2v) is 7.29. The molecule has 0 heterocycles. The van der Waals surface area contributed by atoms with Crippen LogP contribution in [0.25, 0.3) is 0 Å². The van der Waals surface area contributed by atoms with Gasteiger partial charge in [0.15, 0.2) is 0 Å². The molecule has 0 bridgehead atoms. The smallest absolute Gasteiger partial charge is 0.251 e. The van der Waals surface area contributed by atoms with Crippen LogP contribution >= 0.6 is 0 Å². The average molecular weight is 339 g/mol. The van der Waals surface area contributed by atoms with E-state index in [2.05, 4.69) is 32.2 Å². The van der Waals surface area contributed by atoms with Gasteiger partial charge in [0.2, 0.25) is 0 Å². The van der Waals surface area contributed by atoms with Crippen molar-refractivity contribution in [3.63, 3.8) is 0 Å². The van der Waals surface area contributed by atoms with Crippen LogP contribution in [0.5, 0.6) is 11.5 Å². The van der Waals surface area contributed by atoms with Gasteiger partial charge in [-0.2, -0.15) is 0 Å². The molecule has 3 rings (SSSR count). The number of rotatable bonds is 4. The molecule has 1 aliphatic rings. The van der Waals surface area contributed by atoms with Crippen LogP contribution in [0.2, 0.25) is 0 Å². The van der Waals surface area contributed by atoms with Crippen LogP contribution in [0.4, 0.5) is 0 Å². The fourth-order valence-electron chi connectivity index (χ4n) is 3.20. The van der Waals surface area contributed by atoms with Gasteiger partial charge in [0.25, 0.3) is 5.91 Å². The molecular formula is C21H25NO3. The molecule has 0 unspecified atom stereocenters. The van der Waals surface area contributed by atoms with Gasteiger partial charge >= 0.3 is 0 Å². The summed E-state index contributed by atoms with van der Waals surface area (Å²) in [6.45, 7) is 6.24. The van der Waals surface area contributed by atoms with Crippen molar-refractivity contribution in [2.24, 2.45) is 0 Å². The molecule has 1 N–H and O–H groups in total. The van der Waals surface area contributed by atoms with Gasteiger partial charge in [0.05, 0.1) is 11.7 Å². The van der Waals surface area contributed by atoms with Crippen molar-refractivity contribution in [3.8, 4) is 11.5 Å². The highest BCUT2D eigenvalue weighted by Crippen LogP contribution is 2.42. The number of ether oxygens (including phenoxy) is 2. The number of amides is 1. The van der Waals surface area contributed by atoms with E-state index in [0.29, 0.717) is 11.3 Å². The summed E-state index contributed by atoms with van der Waals surface area (Å²) in [5.41, 5.74) is 2.81. The van der Waals surface area contributed by atoms with Crippen LogP contribution in [0.15, 0.2) is 42.5 Å². The molecule has 1 aliphatic carbocycles. The van der Waals surface area contributed by atoms with Crippen LogP contribution in [0, 0.1) is 0 Å². The fraction of sp³-hybridized carbons (Fsp3) is 0.381. The van der Waals surface area contributed by atoms with Crippen molar-refractivity contribution in [2.75, 3.05) is 7.05 Å². The third-order valence-electron chi connectivity index (χ3n) is 4.22. The van der Waals surface area contributed by atoms with Crippen molar-refractivity contribution in [2.45, 2.75) is 45.3 Å². The molecule has 25 heavy (non-hydrogen) atoms. The minimum Gasteiger partial charge on any atom is -0.457 e. The normalized spacial score (nSPS) is 16.4. The van der Waals surface area contributed by atoms with Gasteiger partial charge in [-0.3, -0.25) is 4.79 Å². The molecule has 2 aromatic rings. The molecule has 0 saturated heterocycles. The Labute approximate surface area is 149 Å². The van der Waals surface area contributed by atoms with Gasteiger partial charge in [-0.15, -0.1) is 0 Å². The molecule has 132 valence electrons.